The molecule has 2 heterocycles. The first-order chi connectivity index (χ1) is 9.56. The molecule has 1 atom stereocenters. The quantitative estimate of drug-likeness (QED) is 0.654. The van der Waals surface area contributed by atoms with E-state index in [9.17, 15) is 9.59 Å². The molecule has 0 radical (unpaired) electrons. The third-order valence-electron chi connectivity index (χ3n) is 3.47. The van der Waals surface area contributed by atoms with Crippen molar-refractivity contribution < 1.29 is 19.1 Å². The molecule has 0 bridgehead atoms. The van der Waals surface area contributed by atoms with Gasteiger partial charge in [-0.05, 0) is 25.1 Å². The Kier molecular flexibility index (Phi) is 2.97. The zero-order valence-corrected chi connectivity index (χ0v) is 11.4. The molecule has 5 heteroatoms. The van der Waals surface area contributed by atoms with Gasteiger partial charge in [0.2, 0.25) is 5.91 Å². The number of rotatable bonds is 2. The van der Waals surface area contributed by atoms with Gasteiger partial charge in [-0.1, -0.05) is 0 Å². The average molecular weight is 273 g/mol. The lowest BCUT2D eigenvalue weighted by Crippen LogP contribution is -2.19. The zero-order valence-electron chi connectivity index (χ0n) is 11.4. The monoisotopic (exact) mass is 273 g/mol. The summed E-state index contributed by atoms with van der Waals surface area (Å²) in [4.78, 5) is 22.8. The second-order valence-electron chi connectivity index (χ2n) is 5.06. The number of ether oxygens (including phenoxy) is 2. The fourth-order valence-corrected chi connectivity index (χ4v) is 2.55. The number of benzene rings is 1. The summed E-state index contributed by atoms with van der Waals surface area (Å²) in [5.41, 5.74) is 2.29. The first kappa shape index (κ1) is 12.7. The minimum absolute atomic E-state index is 0.107. The first-order valence-corrected chi connectivity index (χ1v) is 6.49. The van der Waals surface area contributed by atoms with Crippen LogP contribution in [0.25, 0.3) is 6.08 Å². The van der Waals surface area contributed by atoms with Crippen LogP contribution in [-0.4, -0.2) is 25.0 Å². The van der Waals surface area contributed by atoms with Crippen LogP contribution in [-0.2, 0) is 16.0 Å². The van der Waals surface area contributed by atoms with Gasteiger partial charge in [-0.25, -0.2) is 0 Å². The van der Waals surface area contributed by atoms with Gasteiger partial charge in [0, 0.05) is 23.1 Å². The van der Waals surface area contributed by atoms with Crippen LogP contribution < -0.4 is 14.8 Å². The molecule has 2 amide bonds. The van der Waals surface area contributed by atoms with Crippen LogP contribution in [0.4, 0.5) is 0 Å². The third-order valence-corrected chi connectivity index (χ3v) is 3.47. The maximum Gasteiger partial charge on any atom is 0.254 e. The highest BCUT2D eigenvalue weighted by Gasteiger charge is 2.25. The van der Waals surface area contributed by atoms with Gasteiger partial charge in [0.25, 0.3) is 5.91 Å². The molecule has 0 spiro atoms. The summed E-state index contributed by atoms with van der Waals surface area (Å²) < 4.78 is 11.1. The van der Waals surface area contributed by atoms with Crippen molar-refractivity contribution in [1.29, 1.82) is 0 Å². The van der Waals surface area contributed by atoms with Gasteiger partial charge in [-0.2, -0.15) is 0 Å². The standard InChI is InChI=1S/C15H15NO4/c1-8-3-9-5-12(19-2)10(6-13(9)20-8)4-11-7-14(17)16-15(11)18/h4-6,8H,3,7H2,1-2H3,(H,16,17,18)/b11-4-. The minimum Gasteiger partial charge on any atom is -0.496 e. The molecule has 0 saturated carbocycles. The summed E-state index contributed by atoms with van der Waals surface area (Å²) >= 11 is 0. The maximum atomic E-state index is 11.6. The number of methoxy groups -OCH3 is 1. The van der Waals surface area contributed by atoms with E-state index in [4.69, 9.17) is 9.47 Å². The van der Waals surface area contributed by atoms with Gasteiger partial charge in [0.15, 0.2) is 0 Å². The Bertz CT molecular complexity index is 633. The Morgan fingerprint density at radius 2 is 2.20 bits per heavy atom. The molecule has 2 aliphatic heterocycles. The predicted octanol–water partition coefficient (Wildman–Crippen LogP) is 1.45. The summed E-state index contributed by atoms with van der Waals surface area (Å²) in [5, 5.41) is 2.27. The van der Waals surface area contributed by atoms with E-state index >= 15 is 0 Å². The van der Waals surface area contributed by atoms with Gasteiger partial charge in [0.1, 0.15) is 17.6 Å². The summed E-state index contributed by atoms with van der Waals surface area (Å²) in [5.74, 6) is 0.883. The number of hydrogen-bond donors (Lipinski definition) is 1. The van der Waals surface area contributed by atoms with Crippen LogP contribution in [0.15, 0.2) is 17.7 Å². The van der Waals surface area contributed by atoms with Gasteiger partial charge in [-0.3, -0.25) is 14.9 Å². The molecule has 2 aliphatic rings. The lowest BCUT2D eigenvalue weighted by atomic mass is 10.0. The Balaban J connectivity index is 2.02. The molecular formula is C15H15NO4. The molecule has 104 valence electrons. The molecule has 20 heavy (non-hydrogen) atoms. The Hall–Kier alpha value is -2.30. The molecule has 0 aliphatic carbocycles. The highest BCUT2D eigenvalue weighted by molar-refractivity contribution is 6.15. The van der Waals surface area contributed by atoms with Crippen molar-refractivity contribution in [3.8, 4) is 11.5 Å². The first-order valence-electron chi connectivity index (χ1n) is 6.49. The van der Waals surface area contributed by atoms with Crippen LogP contribution >= 0.6 is 0 Å². The van der Waals surface area contributed by atoms with Crippen LogP contribution in [0.1, 0.15) is 24.5 Å². The number of amides is 2. The SMILES string of the molecule is COc1cc2c(cc1/C=C1/CC(=O)NC1=O)OC(C)C2. The summed E-state index contributed by atoms with van der Waals surface area (Å²) in [7, 11) is 1.59. The predicted molar refractivity (Wildman–Crippen MR) is 72.5 cm³/mol. The van der Waals surface area contributed by atoms with Crippen molar-refractivity contribution in [2.75, 3.05) is 7.11 Å². The highest BCUT2D eigenvalue weighted by atomic mass is 16.5. The molecule has 3 rings (SSSR count). The second kappa shape index (κ2) is 4.67. The number of hydrogen-bond acceptors (Lipinski definition) is 4. The Morgan fingerprint density at radius 3 is 2.85 bits per heavy atom. The van der Waals surface area contributed by atoms with Crippen molar-refractivity contribution in [3.63, 3.8) is 0 Å². The van der Waals surface area contributed by atoms with Gasteiger partial charge >= 0.3 is 0 Å². The van der Waals surface area contributed by atoms with Crippen molar-refractivity contribution >= 4 is 17.9 Å². The van der Waals surface area contributed by atoms with Gasteiger partial charge in [-0.15, -0.1) is 0 Å². The van der Waals surface area contributed by atoms with Crippen LogP contribution in [0, 0.1) is 0 Å². The van der Waals surface area contributed by atoms with Crippen molar-refractivity contribution in [2.45, 2.75) is 25.9 Å². The zero-order chi connectivity index (χ0) is 14.3. The van der Waals surface area contributed by atoms with E-state index in [-0.39, 0.29) is 24.3 Å². The fourth-order valence-electron chi connectivity index (χ4n) is 2.55. The van der Waals surface area contributed by atoms with Crippen molar-refractivity contribution in [3.05, 3.63) is 28.8 Å². The maximum absolute atomic E-state index is 11.6. The molecule has 5 nitrogen and oxygen atoms in total. The van der Waals surface area contributed by atoms with E-state index in [1.807, 2.05) is 19.1 Å². The molecule has 1 aromatic rings. The van der Waals surface area contributed by atoms with Crippen molar-refractivity contribution in [1.82, 2.24) is 5.32 Å². The number of carbonyl (C=O) groups is 2. The number of nitrogens with one attached hydrogen (secondary N) is 1. The molecule has 1 unspecified atom stereocenters. The molecular weight excluding hydrogens is 258 g/mol. The van der Waals surface area contributed by atoms with Crippen molar-refractivity contribution in [2.24, 2.45) is 0 Å². The smallest absolute Gasteiger partial charge is 0.254 e. The van der Waals surface area contributed by atoms with E-state index in [0.717, 1.165) is 23.3 Å². The number of fused-ring (bicyclic) bond motifs is 1. The molecule has 1 saturated heterocycles. The summed E-state index contributed by atoms with van der Waals surface area (Å²) in [6, 6.07) is 3.79. The highest BCUT2D eigenvalue weighted by Crippen LogP contribution is 2.36. The second-order valence-corrected chi connectivity index (χ2v) is 5.06. The number of carbonyl (C=O) groups excluding carboxylic acids is 2. The van der Waals surface area contributed by atoms with Gasteiger partial charge < -0.3 is 9.47 Å². The summed E-state index contributed by atoms with van der Waals surface area (Å²) in [6.07, 6.45) is 2.79. The molecule has 1 fully saturated rings. The normalized spacial score (nSPS) is 22.7. The lowest BCUT2D eigenvalue weighted by Gasteiger charge is -2.08. The van der Waals surface area contributed by atoms with Crippen LogP contribution in [0.5, 0.6) is 11.5 Å². The molecule has 1 N–H and O–H groups in total. The Morgan fingerprint density at radius 1 is 1.40 bits per heavy atom. The number of imide groups is 1. The van der Waals surface area contributed by atoms with E-state index in [0.29, 0.717) is 11.3 Å². The Labute approximate surface area is 116 Å². The topological polar surface area (TPSA) is 64.6 Å². The molecule has 1 aromatic carbocycles. The van der Waals surface area contributed by atoms with E-state index < -0.39 is 0 Å². The summed E-state index contributed by atoms with van der Waals surface area (Å²) in [6.45, 7) is 2.01. The van der Waals surface area contributed by atoms with E-state index in [1.54, 1.807) is 13.2 Å². The van der Waals surface area contributed by atoms with Gasteiger partial charge in [0.05, 0.1) is 13.5 Å². The largest absolute Gasteiger partial charge is 0.496 e. The van der Waals surface area contributed by atoms with E-state index in [2.05, 4.69) is 5.32 Å². The third kappa shape index (κ3) is 2.15. The minimum atomic E-state index is -0.341. The fraction of sp³-hybridized carbons (Fsp3) is 0.333. The molecule has 0 aromatic heterocycles. The average Bonchev–Trinajstić information content (AvgIpc) is 2.90. The van der Waals surface area contributed by atoms with E-state index in [1.165, 1.54) is 0 Å². The lowest BCUT2D eigenvalue weighted by molar-refractivity contribution is -0.124. The van der Waals surface area contributed by atoms with Crippen LogP contribution in [0.2, 0.25) is 0 Å². The van der Waals surface area contributed by atoms with Crippen LogP contribution in [0.3, 0.4) is 0 Å².